The van der Waals surface area contributed by atoms with Gasteiger partial charge in [0.25, 0.3) is 0 Å². The molecular weight excluding hydrogens is 445 g/mol. The average Bonchev–Trinajstić information content (AvgIpc) is 3.01. The standard InChI is InChI=1S/C19H31N3OS.HI/c1-5-20-19(22-16-8-11-18(12-16)24-4)21-13-15-6-9-17(10-7-15)23-14(2)3;/h6-7,9-10,14,16,18H,5,8,11-13H2,1-4H3,(H2,20,21,22);1H. The molecule has 1 aromatic rings. The Kier molecular flexibility index (Phi) is 10.7. The fraction of sp³-hybridized carbons (Fsp3) is 0.632. The Hall–Kier alpha value is -0.630. The number of nitrogens with one attached hydrogen (secondary N) is 2. The predicted molar refractivity (Wildman–Crippen MR) is 121 cm³/mol. The second kappa shape index (κ2) is 11.9. The first-order valence-corrected chi connectivity index (χ1v) is 10.2. The number of benzene rings is 1. The molecule has 1 aliphatic carbocycles. The molecule has 1 aliphatic rings. The Balaban J connectivity index is 0.00000312. The van der Waals surface area contributed by atoms with Gasteiger partial charge in [0.2, 0.25) is 0 Å². The van der Waals surface area contributed by atoms with Crippen LogP contribution in [-0.4, -0.2) is 36.2 Å². The van der Waals surface area contributed by atoms with Gasteiger partial charge in [-0.1, -0.05) is 12.1 Å². The SMILES string of the molecule is CCNC(=NCc1ccc(OC(C)C)cc1)NC1CCC(SC)C1.I. The molecule has 0 radical (unpaired) electrons. The number of halogens is 1. The number of thioether (sulfide) groups is 1. The Morgan fingerprint density at radius 3 is 2.56 bits per heavy atom. The monoisotopic (exact) mass is 477 g/mol. The van der Waals surface area contributed by atoms with Crippen LogP contribution in [0.15, 0.2) is 29.3 Å². The molecule has 1 aromatic carbocycles. The van der Waals surface area contributed by atoms with Crippen molar-refractivity contribution in [2.75, 3.05) is 12.8 Å². The maximum atomic E-state index is 5.68. The van der Waals surface area contributed by atoms with Crippen molar-refractivity contribution >= 4 is 41.7 Å². The zero-order valence-electron chi connectivity index (χ0n) is 15.7. The van der Waals surface area contributed by atoms with E-state index < -0.39 is 0 Å². The lowest BCUT2D eigenvalue weighted by Gasteiger charge is -2.17. The highest BCUT2D eigenvalue weighted by Crippen LogP contribution is 2.28. The summed E-state index contributed by atoms with van der Waals surface area (Å²) in [5.74, 6) is 1.84. The minimum absolute atomic E-state index is 0. The van der Waals surface area contributed by atoms with Crippen LogP contribution in [-0.2, 0) is 6.54 Å². The lowest BCUT2D eigenvalue weighted by Crippen LogP contribution is -2.42. The van der Waals surface area contributed by atoms with Crippen molar-refractivity contribution in [2.45, 2.75) is 64.0 Å². The lowest BCUT2D eigenvalue weighted by atomic mass is 10.2. The van der Waals surface area contributed by atoms with E-state index in [-0.39, 0.29) is 30.1 Å². The van der Waals surface area contributed by atoms with E-state index >= 15 is 0 Å². The normalized spacial score (nSPS) is 20.3. The minimum Gasteiger partial charge on any atom is -0.491 e. The van der Waals surface area contributed by atoms with E-state index in [1.807, 2.05) is 37.7 Å². The molecule has 0 heterocycles. The molecule has 0 saturated heterocycles. The lowest BCUT2D eigenvalue weighted by molar-refractivity contribution is 0.242. The topological polar surface area (TPSA) is 45.7 Å². The molecule has 0 amide bonds. The fourth-order valence-electron chi connectivity index (χ4n) is 2.91. The first kappa shape index (κ1) is 22.4. The van der Waals surface area contributed by atoms with Crippen LogP contribution < -0.4 is 15.4 Å². The first-order valence-electron chi connectivity index (χ1n) is 8.94. The summed E-state index contributed by atoms with van der Waals surface area (Å²) >= 11 is 1.98. The summed E-state index contributed by atoms with van der Waals surface area (Å²) in [4.78, 5) is 4.74. The van der Waals surface area contributed by atoms with Crippen LogP contribution >= 0.6 is 35.7 Å². The third-order valence-corrected chi connectivity index (χ3v) is 5.21. The maximum Gasteiger partial charge on any atom is 0.191 e. The summed E-state index contributed by atoms with van der Waals surface area (Å²) in [7, 11) is 0. The fourth-order valence-corrected chi connectivity index (χ4v) is 3.71. The molecule has 2 N–H and O–H groups in total. The Labute approximate surface area is 174 Å². The second-order valence-corrected chi connectivity index (χ2v) is 7.66. The highest BCUT2D eigenvalue weighted by Gasteiger charge is 2.24. The van der Waals surface area contributed by atoms with Crippen LogP contribution in [0.5, 0.6) is 5.75 Å². The van der Waals surface area contributed by atoms with Crippen LogP contribution in [0, 0.1) is 0 Å². The van der Waals surface area contributed by atoms with E-state index in [4.69, 9.17) is 9.73 Å². The van der Waals surface area contributed by atoms with E-state index in [0.29, 0.717) is 12.6 Å². The molecule has 2 atom stereocenters. The Bertz CT molecular complexity index is 522. The molecule has 142 valence electrons. The zero-order valence-corrected chi connectivity index (χ0v) is 18.9. The molecular formula is C19H32IN3OS. The second-order valence-electron chi connectivity index (χ2n) is 6.52. The molecule has 0 aromatic heterocycles. The van der Waals surface area contributed by atoms with Crippen molar-refractivity contribution in [1.29, 1.82) is 0 Å². The molecule has 2 unspecified atom stereocenters. The molecule has 4 nitrogen and oxygen atoms in total. The molecule has 25 heavy (non-hydrogen) atoms. The number of nitrogens with zero attached hydrogens (tertiary/aromatic N) is 1. The molecule has 1 saturated carbocycles. The summed E-state index contributed by atoms with van der Waals surface area (Å²) in [5, 5.41) is 7.74. The van der Waals surface area contributed by atoms with E-state index in [0.717, 1.165) is 23.5 Å². The molecule has 0 spiro atoms. The van der Waals surface area contributed by atoms with Crippen LogP contribution in [0.2, 0.25) is 0 Å². The first-order chi connectivity index (χ1) is 11.6. The number of ether oxygens (including phenoxy) is 1. The number of aliphatic imine (C=N–C) groups is 1. The summed E-state index contributed by atoms with van der Waals surface area (Å²) in [5.41, 5.74) is 1.19. The number of guanidine groups is 1. The van der Waals surface area contributed by atoms with Gasteiger partial charge in [0.1, 0.15) is 5.75 Å². The largest absolute Gasteiger partial charge is 0.491 e. The third-order valence-electron chi connectivity index (χ3n) is 4.12. The van der Waals surface area contributed by atoms with Crippen LogP contribution in [0.25, 0.3) is 0 Å². The molecule has 6 heteroatoms. The highest BCUT2D eigenvalue weighted by molar-refractivity contribution is 14.0. The summed E-state index contributed by atoms with van der Waals surface area (Å²) < 4.78 is 5.68. The molecule has 0 aliphatic heterocycles. The van der Waals surface area contributed by atoms with Gasteiger partial charge in [-0.15, -0.1) is 24.0 Å². The maximum absolute atomic E-state index is 5.68. The Morgan fingerprint density at radius 2 is 2.00 bits per heavy atom. The van der Waals surface area contributed by atoms with Crippen molar-refractivity contribution in [2.24, 2.45) is 4.99 Å². The van der Waals surface area contributed by atoms with Crippen molar-refractivity contribution in [3.8, 4) is 5.75 Å². The van der Waals surface area contributed by atoms with Gasteiger partial charge in [-0.05, 0) is 64.0 Å². The Morgan fingerprint density at radius 1 is 1.28 bits per heavy atom. The van der Waals surface area contributed by atoms with Crippen LogP contribution in [0.1, 0.15) is 45.6 Å². The van der Waals surface area contributed by atoms with Gasteiger partial charge in [0.05, 0.1) is 12.6 Å². The van der Waals surface area contributed by atoms with E-state index in [9.17, 15) is 0 Å². The summed E-state index contributed by atoms with van der Waals surface area (Å²) in [6.45, 7) is 7.74. The number of hydrogen-bond acceptors (Lipinski definition) is 3. The van der Waals surface area contributed by atoms with E-state index in [1.165, 1.54) is 24.8 Å². The van der Waals surface area contributed by atoms with Gasteiger partial charge in [-0.25, -0.2) is 4.99 Å². The molecule has 2 rings (SSSR count). The van der Waals surface area contributed by atoms with Gasteiger partial charge in [0.15, 0.2) is 5.96 Å². The van der Waals surface area contributed by atoms with Crippen molar-refractivity contribution in [3.05, 3.63) is 29.8 Å². The number of rotatable bonds is 7. The van der Waals surface area contributed by atoms with Crippen molar-refractivity contribution in [3.63, 3.8) is 0 Å². The van der Waals surface area contributed by atoms with Crippen molar-refractivity contribution in [1.82, 2.24) is 10.6 Å². The van der Waals surface area contributed by atoms with Crippen LogP contribution in [0.4, 0.5) is 0 Å². The minimum atomic E-state index is 0. The molecule has 1 fully saturated rings. The van der Waals surface area contributed by atoms with Gasteiger partial charge in [-0.3, -0.25) is 0 Å². The summed E-state index contributed by atoms with van der Waals surface area (Å²) in [6.07, 6.45) is 6.17. The van der Waals surface area contributed by atoms with E-state index in [2.05, 4.69) is 35.9 Å². The average molecular weight is 477 g/mol. The van der Waals surface area contributed by atoms with Gasteiger partial charge < -0.3 is 15.4 Å². The van der Waals surface area contributed by atoms with Gasteiger partial charge in [0, 0.05) is 17.8 Å². The van der Waals surface area contributed by atoms with Crippen molar-refractivity contribution < 1.29 is 4.74 Å². The highest BCUT2D eigenvalue weighted by atomic mass is 127. The van der Waals surface area contributed by atoms with Gasteiger partial charge >= 0.3 is 0 Å². The smallest absolute Gasteiger partial charge is 0.191 e. The number of hydrogen-bond donors (Lipinski definition) is 2. The third kappa shape index (κ3) is 8.07. The zero-order chi connectivity index (χ0) is 17.4. The van der Waals surface area contributed by atoms with Gasteiger partial charge in [-0.2, -0.15) is 11.8 Å². The quantitative estimate of drug-likeness (QED) is 0.347. The molecule has 0 bridgehead atoms. The predicted octanol–water partition coefficient (Wildman–Crippen LogP) is 4.43. The summed E-state index contributed by atoms with van der Waals surface area (Å²) in [6, 6.07) is 8.76. The van der Waals surface area contributed by atoms with Crippen LogP contribution in [0.3, 0.4) is 0 Å². The van der Waals surface area contributed by atoms with E-state index in [1.54, 1.807) is 0 Å².